The highest BCUT2D eigenvalue weighted by atomic mass is 16.5. The van der Waals surface area contributed by atoms with Gasteiger partial charge >= 0.3 is 0 Å². The molecule has 1 unspecified atom stereocenters. The van der Waals surface area contributed by atoms with Crippen molar-refractivity contribution in [1.29, 1.82) is 0 Å². The molecule has 0 aromatic heterocycles. The Morgan fingerprint density at radius 2 is 2.32 bits per heavy atom. The predicted octanol–water partition coefficient (Wildman–Crippen LogP) is 1.80. The molecule has 2 rings (SSSR count). The molecule has 0 aliphatic heterocycles. The van der Waals surface area contributed by atoms with E-state index in [0.717, 1.165) is 25.0 Å². The highest BCUT2D eigenvalue weighted by Gasteiger charge is 2.34. The number of ether oxygens (including phenoxy) is 1. The van der Waals surface area contributed by atoms with E-state index in [9.17, 15) is 0 Å². The van der Waals surface area contributed by atoms with E-state index in [4.69, 9.17) is 10.5 Å². The SMILES string of the molecule is CC#CCNC1(CN)CCCc2ccc(OC)cc21. The standard InChI is InChI=1S/C16H22N2O/c1-3-4-10-18-16(12-17)9-5-6-13-7-8-14(19-2)11-15(13)16/h7-8,11,18H,5-6,9-10,12,17H2,1-2H3. The molecule has 0 saturated carbocycles. The van der Waals surface area contributed by atoms with E-state index in [0.29, 0.717) is 13.1 Å². The van der Waals surface area contributed by atoms with Crippen LogP contribution in [0, 0.1) is 11.8 Å². The second kappa shape index (κ2) is 6.10. The minimum Gasteiger partial charge on any atom is -0.497 e. The Kier molecular flexibility index (Phi) is 4.47. The first-order valence-corrected chi connectivity index (χ1v) is 6.78. The van der Waals surface area contributed by atoms with Gasteiger partial charge in [-0.1, -0.05) is 12.0 Å². The van der Waals surface area contributed by atoms with Gasteiger partial charge in [-0.05, 0) is 49.4 Å². The van der Waals surface area contributed by atoms with Gasteiger partial charge in [0.1, 0.15) is 5.75 Å². The summed E-state index contributed by atoms with van der Waals surface area (Å²) in [6.45, 7) is 3.11. The number of rotatable bonds is 4. The van der Waals surface area contributed by atoms with Gasteiger partial charge in [-0.2, -0.15) is 0 Å². The zero-order valence-electron chi connectivity index (χ0n) is 11.8. The number of nitrogens with one attached hydrogen (secondary N) is 1. The van der Waals surface area contributed by atoms with Crippen molar-refractivity contribution in [2.75, 3.05) is 20.2 Å². The van der Waals surface area contributed by atoms with E-state index in [1.165, 1.54) is 11.1 Å². The summed E-state index contributed by atoms with van der Waals surface area (Å²) >= 11 is 0. The van der Waals surface area contributed by atoms with Crippen molar-refractivity contribution in [2.24, 2.45) is 5.73 Å². The van der Waals surface area contributed by atoms with Crippen LogP contribution in [0.2, 0.25) is 0 Å². The molecular weight excluding hydrogens is 236 g/mol. The van der Waals surface area contributed by atoms with Crippen molar-refractivity contribution < 1.29 is 4.74 Å². The summed E-state index contributed by atoms with van der Waals surface area (Å²) in [6.07, 6.45) is 3.32. The molecule has 1 atom stereocenters. The molecular formula is C16H22N2O. The van der Waals surface area contributed by atoms with Crippen molar-refractivity contribution in [3.63, 3.8) is 0 Å². The van der Waals surface area contributed by atoms with Crippen molar-refractivity contribution in [3.8, 4) is 17.6 Å². The molecule has 0 spiro atoms. The van der Waals surface area contributed by atoms with Crippen LogP contribution in [-0.2, 0) is 12.0 Å². The van der Waals surface area contributed by atoms with Gasteiger partial charge in [-0.3, -0.25) is 5.32 Å². The van der Waals surface area contributed by atoms with Gasteiger partial charge in [0, 0.05) is 6.54 Å². The molecule has 0 radical (unpaired) electrons. The summed E-state index contributed by atoms with van der Waals surface area (Å²) in [5.41, 5.74) is 8.56. The molecule has 0 saturated heterocycles. The third-order valence-corrected chi connectivity index (χ3v) is 3.92. The molecule has 1 aliphatic rings. The first-order chi connectivity index (χ1) is 9.25. The summed E-state index contributed by atoms with van der Waals surface area (Å²) in [7, 11) is 1.70. The van der Waals surface area contributed by atoms with E-state index in [1.54, 1.807) is 7.11 Å². The van der Waals surface area contributed by atoms with Crippen LogP contribution in [0.15, 0.2) is 18.2 Å². The van der Waals surface area contributed by atoms with Gasteiger partial charge in [0.25, 0.3) is 0 Å². The van der Waals surface area contributed by atoms with Crippen LogP contribution < -0.4 is 15.8 Å². The average Bonchev–Trinajstić information content (AvgIpc) is 2.47. The summed E-state index contributed by atoms with van der Waals surface area (Å²) in [4.78, 5) is 0. The highest BCUT2D eigenvalue weighted by molar-refractivity contribution is 5.42. The first kappa shape index (κ1) is 13.9. The van der Waals surface area contributed by atoms with Gasteiger partial charge in [-0.25, -0.2) is 0 Å². The van der Waals surface area contributed by atoms with Crippen LogP contribution in [0.1, 0.15) is 30.9 Å². The number of fused-ring (bicyclic) bond motifs is 1. The second-order valence-electron chi connectivity index (χ2n) is 4.94. The minimum atomic E-state index is -0.161. The Labute approximate surface area is 115 Å². The van der Waals surface area contributed by atoms with Gasteiger partial charge in [-0.15, -0.1) is 5.92 Å². The predicted molar refractivity (Wildman–Crippen MR) is 78.1 cm³/mol. The Balaban J connectivity index is 2.37. The van der Waals surface area contributed by atoms with Crippen LogP contribution in [0.5, 0.6) is 5.75 Å². The van der Waals surface area contributed by atoms with Crippen molar-refractivity contribution in [3.05, 3.63) is 29.3 Å². The first-order valence-electron chi connectivity index (χ1n) is 6.78. The quantitative estimate of drug-likeness (QED) is 0.810. The molecule has 0 bridgehead atoms. The van der Waals surface area contributed by atoms with E-state index in [2.05, 4.69) is 29.3 Å². The fraction of sp³-hybridized carbons (Fsp3) is 0.500. The molecule has 19 heavy (non-hydrogen) atoms. The van der Waals surface area contributed by atoms with Gasteiger partial charge in [0.2, 0.25) is 0 Å². The van der Waals surface area contributed by atoms with Crippen molar-refractivity contribution in [1.82, 2.24) is 5.32 Å². The Hall–Kier alpha value is -1.50. The Morgan fingerprint density at radius 3 is 3.00 bits per heavy atom. The molecule has 3 N–H and O–H groups in total. The van der Waals surface area contributed by atoms with Gasteiger partial charge in [0.05, 0.1) is 19.2 Å². The average molecular weight is 258 g/mol. The lowest BCUT2D eigenvalue weighted by molar-refractivity contribution is 0.304. The van der Waals surface area contributed by atoms with Crippen molar-refractivity contribution >= 4 is 0 Å². The molecule has 0 fully saturated rings. The van der Waals surface area contributed by atoms with E-state index >= 15 is 0 Å². The third-order valence-electron chi connectivity index (χ3n) is 3.92. The van der Waals surface area contributed by atoms with E-state index < -0.39 is 0 Å². The zero-order chi connectivity index (χ0) is 13.7. The van der Waals surface area contributed by atoms with E-state index in [1.807, 2.05) is 13.0 Å². The fourth-order valence-electron chi connectivity index (χ4n) is 2.83. The Morgan fingerprint density at radius 1 is 1.47 bits per heavy atom. The molecule has 1 aromatic carbocycles. The molecule has 1 aromatic rings. The van der Waals surface area contributed by atoms with Crippen molar-refractivity contribution in [2.45, 2.75) is 31.7 Å². The van der Waals surface area contributed by atoms with Crippen LogP contribution >= 0.6 is 0 Å². The molecule has 0 heterocycles. The number of nitrogens with two attached hydrogens (primary N) is 1. The smallest absolute Gasteiger partial charge is 0.119 e. The lowest BCUT2D eigenvalue weighted by Gasteiger charge is -2.39. The number of hydrogen-bond donors (Lipinski definition) is 2. The number of benzene rings is 1. The molecule has 3 nitrogen and oxygen atoms in total. The number of aryl methyl sites for hydroxylation is 1. The third kappa shape index (κ3) is 2.75. The number of hydrogen-bond acceptors (Lipinski definition) is 3. The highest BCUT2D eigenvalue weighted by Crippen LogP contribution is 2.36. The number of methoxy groups -OCH3 is 1. The Bertz CT molecular complexity index is 501. The summed E-state index contributed by atoms with van der Waals surface area (Å²) in [5.74, 6) is 6.87. The molecule has 1 aliphatic carbocycles. The normalized spacial score (nSPS) is 21.2. The lowest BCUT2D eigenvalue weighted by Crippen LogP contribution is -2.50. The minimum absolute atomic E-state index is 0.161. The topological polar surface area (TPSA) is 47.3 Å². The van der Waals surface area contributed by atoms with Crippen LogP contribution in [-0.4, -0.2) is 20.2 Å². The zero-order valence-corrected chi connectivity index (χ0v) is 11.8. The fourth-order valence-corrected chi connectivity index (χ4v) is 2.83. The summed E-state index contributed by atoms with van der Waals surface area (Å²) in [6, 6.07) is 6.30. The van der Waals surface area contributed by atoms with Crippen LogP contribution in [0.25, 0.3) is 0 Å². The van der Waals surface area contributed by atoms with Crippen LogP contribution in [0.3, 0.4) is 0 Å². The molecule has 3 heteroatoms. The van der Waals surface area contributed by atoms with Gasteiger partial charge < -0.3 is 10.5 Å². The maximum Gasteiger partial charge on any atom is 0.119 e. The largest absolute Gasteiger partial charge is 0.497 e. The summed E-state index contributed by atoms with van der Waals surface area (Å²) < 4.78 is 5.35. The lowest BCUT2D eigenvalue weighted by atomic mass is 9.76. The monoisotopic (exact) mass is 258 g/mol. The van der Waals surface area contributed by atoms with E-state index in [-0.39, 0.29) is 5.54 Å². The summed E-state index contributed by atoms with van der Waals surface area (Å²) in [5, 5.41) is 3.54. The maximum atomic E-state index is 6.08. The molecule has 0 amide bonds. The van der Waals surface area contributed by atoms with Crippen LogP contribution in [0.4, 0.5) is 0 Å². The molecule has 102 valence electrons. The second-order valence-corrected chi connectivity index (χ2v) is 4.94. The van der Waals surface area contributed by atoms with Gasteiger partial charge in [0.15, 0.2) is 0 Å². The maximum absolute atomic E-state index is 6.08.